The highest BCUT2D eigenvalue weighted by atomic mass is 127. The summed E-state index contributed by atoms with van der Waals surface area (Å²) in [5.74, 6) is 0. The first-order valence-corrected chi connectivity index (χ1v) is 6.59. The maximum Gasteiger partial charge on any atom is 0.141 e. The molecule has 0 radical (unpaired) electrons. The predicted octanol–water partition coefficient (Wildman–Crippen LogP) is 3.27. The molecule has 2 atom stereocenters. The third-order valence-electron chi connectivity index (χ3n) is 2.95. The van der Waals surface area contributed by atoms with Crippen molar-refractivity contribution in [3.05, 3.63) is 14.9 Å². The summed E-state index contributed by atoms with van der Waals surface area (Å²) in [7, 11) is 1.78. The van der Waals surface area contributed by atoms with Gasteiger partial charge in [-0.1, -0.05) is 11.6 Å². The Morgan fingerprint density at radius 3 is 3.00 bits per heavy atom. The molecule has 3 nitrogen and oxygen atoms in total. The number of ether oxygens (including phenoxy) is 1. The molecule has 2 rings (SSSR count). The van der Waals surface area contributed by atoms with Gasteiger partial charge in [-0.15, -0.1) is 0 Å². The van der Waals surface area contributed by atoms with Gasteiger partial charge in [0.1, 0.15) is 3.70 Å². The zero-order chi connectivity index (χ0) is 10.8. The molecular formula is C10H14ClIN2O. The van der Waals surface area contributed by atoms with Crippen LogP contribution in [0.25, 0.3) is 0 Å². The number of nitrogens with zero attached hydrogens (tertiary/aromatic N) is 2. The average Bonchev–Trinajstić information content (AvgIpc) is 2.59. The number of aromatic nitrogens is 2. The number of hydrogen-bond acceptors (Lipinski definition) is 2. The quantitative estimate of drug-likeness (QED) is 0.773. The van der Waals surface area contributed by atoms with E-state index in [2.05, 4.69) is 27.7 Å². The van der Waals surface area contributed by atoms with Crippen LogP contribution in [0.5, 0.6) is 0 Å². The van der Waals surface area contributed by atoms with Crippen LogP contribution in [0.15, 0.2) is 6.20 Å². The second kappa shape index (κ2) is 5.01. The van der Waals surface area contributed by atoms with E-state index in [1.165, 1.54) is 19.3 Å². The second-order valence-corrected chi connectivity index (χ2v) is 5.36. The summed E-state index contributed by atoms with van der Waals surface area (Å²) < 4.78 is 8.28. The molecule has 0 spiro atoms. The molecular weight excluding hydrogens is 326 g/mol. The summed E-state index contributed by atoms with van der Waals surface area (Å²) in [6, 6.07) is 0.449. The summed E-state index contributed by atoms with van der Waals surface area (Å²) in [6.07, 6.45) is 6.89. The molecule has 1 saturated carbocycles. The third-order valence-corrected chi connectivity index (χ3v) is 4.34. The topological polar surface area (TPSA) is 27.1 Å². The van der Waals surface area contributed by atoms with Crippen molar-refractivity contribution in [1.82, 2.24) is 9.78 Å². The van der Waals surface area contributed by atoms with E-state index in [0.29, 0.717) is 12.1 Å². The largest absolute Gasteiger partial charge is 0.381 e. The van der Waals surface area contributed by atoms with Crippen molar-refractivity contribution in [1.29, 1.82) is 0 Å². The Morgan fingerprint density at radius 2 is 2.40 bits per heavy atom. The molecule has 84 valence electrons. The Labute approximate surface area is 108 Å². The summed E-state index contributed by atoms with van der Waals surface area (Å²) in [5, 5.41) is 5.16. The highest BCUT2D eigenvalue weighted by Gasteiger charge is 2.24. The van der Waals surface area contributed by atoms with Gasteiger partial charge < -0.3 is 4.74 Å². The number of methoxy groups -OCH3 is 1. The van der Waals surface area contributed by atoms with Gasteiger partial charge in [-0.05, 0) is 48.3 Å². The van der Waals surface area contributed by atoms with Crippen LogP contribution in [0.3, 0.4) is 0 Å². The fraction of sp³-hybridized carbons (Fsp3) is 0.700. The smallest absolute Gasteiger partial charge is 0.141 e. The molecule has 0 bridgehead atoms. The molecule has 0 aromatic carbocycles. The minimum atomic E-state index is 0.379. The summed E-state index contributed by atoms with van der Waals surface area (Å²) in [4.78, 5) is 0. The maximum absolute atomic E-state index is 6.00. The Morgan fingerprint density at radius 1 is 1.60 bits per heavy atom. The molecule has 2 unspecified atom stereocenters. The van der Waals surface area contributed by atoms with Crippen molar-refractivity contribution in [2.45, 2.75) is 37.8 Å². The molecule has 0 aliphatic heterocycles. The summed E-state index contributed by atoms with van der Waals surface area (Å²) >= 11 is 8.16. The van der Waals surface area contributed by atoms with E-state index in [1.54, 1.807) is 7.11 Å². The standard InChI is InChI=1S/C10H14ClIN2O/c1-15-8-4-2-3-7(5-8)14-6-9(11)10(12)13-14/h6-8H,2-5H2,1H3. The molecule has 1 heterocycles. The first kappa shape index (κ1) is 11.7. The lowest BCUT2D eigenvalue weighted by atomic mass is 9.93. The van der Waals surface area contributed by atoms with Gasteiger partial charge in [-0.3, -0.25) is 4.68 Å². The van der Waals surface area contributed by atoms with Crippen molar-refractivity contribution >= 4 is 34.2 Å². The minimum Gasteiger partial charge on any atom is -0.381 e. The lowest BCUT2D eigenvalue weighted by Gasteiger charge is -2.28. The molecule has 5 heteroatoms. The highest BCUT2D eigenvalue weighted by Crippen LogP contribution is 2.31. The van der Waals surface area contributed by atoms with Crippen LogP contribution < -0.4 is 0 Å². The monoisotopic (exact) mass is 340 g/mol. The fourth-order valence-electron chi connectivity index (χ4n) is 2.11. The Bertz CT molecular complexity index is 323. The SMILES string of the molecule is COC1CCCC(n2cc(Cl)c(I)n2)C1. The van der Waals surface area contributed by atoms with Crippen molar-refractivity contribution in [2.24, 2.45) is 0 Å². The molecule has 0 saturated heterocycles. The van der Waals surface area contributed by atoms with Gasteiger partial charge in [0, 0.05) is 13.3 Å². The Balaban J connectivity index is 2.09. The van der Waals surface area contributed by atoms with E-state index in [1.807, 2.05) is 10.9 Å². The summed E-state index contributed by atoms with van der Waals surface area (Å²) in [6.45, 7) is 0. The van der Waals surface area contributed by atoms with Crippen LogP contribution in [0.2, 0.25) is 5.02 Å². The van der Waals surface area contributed by atoms with Gasteiger partial charge in [0.25, 0.3) is 0 Å². The van der Waals surface area contributed by atoms with Crippen LogP contribution in [0, 0.1) is 3.70 Å². The molecule has 1 aromatic rings. The van der Waals surface area contributed by atoms with Crippen LogP contribution in [0.4, 0.5) is 0 Å². The van der Waals surface area contributed by atoms with Crippen molar-refractivity contribution in [2.75, 3.05) is 7.11 Å². The molecule has 0 N–H and O–H groups in total. The maximum atomic E-state index is 6.00. The van der Waals surface area contributed by atoms with Gasteiger partial charge in [0.05, 0.1) is 17.2 Å². The number of rotatable bonds is 2. The number of hydrogen-bond donors (Lipinski definition) is 0. The second-order valence-electron chi connectivity index (χ2n) is 3.93. The van der Waals surface area contributed by atoms with Crippen LogP contribution >= 0.6 is 34.2 Å². The van der Waals surface area contributed by atoms with Gasteiger partial charge >= 0.3 is 0 Å². The van der Waals surface area contributed by atoms with E-state index in [-0.39, 0.29) is 0 Å². The molecule has 1 aromatic heterocycles. The lowest BCUT2D eigenvalue weighted by Crippen LogP contribution is -2.24. The first-order chi connectivity index (χ1) is 7.20. The van der Waals surface area contributed by atoms with Crippen LogP contribution in [-0.2, 0) is 4.74 Å². The van der Waals surface area contributed by atoms with Crippen molar-refractivity contribution in [3.63, 3.8) is 0 Å². The Hall–Kier alpha value is 0.190. The van der Waals surface area contributed by atoms with Crippen LogP contribution in [-0.4, -0.2) is 23.0 Å². The number of halogens is 2. The van der Waals surface area contributed by atoms with Gasteiger partial charge in [-0.25, -0.2) is 0 Å². The zero-order valence-electron chi connectivity index (χ0n) is 8.62. The molecule has 15 heavy (non-hydrogen) atoms. The van der Waals surface area contributed by atoms with E-state index in [0.717, 1.165) is 15.1 Å². The van der Waals surface area contributed by atoms with Crippen molar-refractivity contribution < 1.29 is 4.74 Å². The average molecular weight is 341 g/mol. The fourth-order valence-corrected chi connectivity index (χ4v) is 2.64. The van der Waals surface area contributed by atoms with E-state index in [9.17, 15) is 0 Å². The van der Waals surface area contributed by atoms with Crippen molar-refractivity contribution in [3.8, 4) is 0 Å². The summed E-state index contributed by atoms with van der Waals surface area (Å²) in [5.41, 5.74) is 0. The molecule has 1 aliphatic carbocycles. The third kappa shape index (κ3) is 2.65. The van der Waals surface area contributed by atoms with Gasteiger partial charge in [0.15, 0.2) is 0 Å². The molecule has 0 amide bonds. The van der Waals surface area contributed by atoms with Crippen LogP contribution in [0.1, 0.15) is 31.7 Å². The van der Waals surface area contributed by atoms with E-state index >= 15 is 0 Å². The van der Waals surface area contributed by atoms with Gasteiger partial charge in [0.2, 0.25) is 0 Å². The molecule has 1 aliphatic rings. The minimum absolute atomic E-state index is 0.379. The van der Waals surface area contributed by atoms with E-state index < -0.39 is 0 Å². The predicted molar refractivity (Wildman–Crippen MR) is 68.3 cm³/mol. The highest BCUT2D eigenvalue weighted by molar-refractivity contribution is 14.1. The van der Waals surface area contributed by atoms with Gasteiger partial charge in [-0.2, -0.15) is 5.10 Å². The zero-order valence-corrected chi connectivity index (χ0v) is 11.5. The Kier molecular flexibility index (Phi) is 3.90. The van der Waals surface area contributed by atoms with E-state index in [4.69, 9.17) is 16.3 Å². The lowest BCUT2D eigenvalue weighted by molar-refractivity contribution is 0.0507. The normalized spacial score (nSPS) is 26.9. The first-order valence-electron chi connectivity index (χ1n) is 5.13. The molecule has 1 fully saturated rings.